The standard InChI is InChI=1S/C17H27NO3/c1-5-10(3)18(11(4)6-2)16(19)14-12-7-8-13(9-12)15(14)17(20)21/h7-8,10-15H,5-6,9H2,1-4H3,(H,20,21)/t10-,11+,12-,13+,14+,15+/m1/s1. The zero-order valence-corrected chi connectivity index (χ0v) is 13.5. The number of nitrogens with zero attached hydrogens (tertiary/aromatic N) is 1. The molecule has 0 aromatic heterocycles. The second-order valence-corrected chi connectivity index (χ2v) is 6.60. The normalized spacial score (nSPS) is 33.0. The van der Waals surface area contributed by atoms with E-state index >= 15 is 0 Å². The van der Waals surface area contributed by atoms with E-state index in [1.165, 1.54) is 0 Å². The van der Waals surface area contributed by atoms with E-state index in [2.05, 4.69) is 33.8 Å². The van der Waals surface area contributed by atoms with Crippen molar-refractivity contribution in [1.29, 1.82) is 0 Å². The van der Waals surface area contributed by atoms with Gasteiger partial charge in [0.25, 0.3) is 0 Å². The molecule has 2 aliphatic rings. The summed E-state index contributed by atoms with van der Waals surface area (Å²) < 4.78 is 0. The molecule has 4 nitrogen and oxygen atoms in total. The van der Waals surface area contributed by atoms with Gasteiger partial charge in [0.1, 0.15) is 0 Å². The van der Waals surface area contributed by atoms with Gasteiger partial charge in [-0.05, 0) is 44.9 Å². The summed E-state index contributed by atoms with van der Waals surface area (Å²) in [4.78, 5) is 26.6. The summed E-state index contributed by atoms with van der Waals surface area (Å²) in [7, 11) is 0. The van der Waals surface area contributed by atoms with E-state index in [1.807, 2.05) is 11.0 Å². The van der Waals surface area contributed by atoms with Crippen LogP contribution in [0, 0.1) is 23.7 Å². The number of hydrogen-bond acceptors (Lipinski definition) is 2. The third-order valence-corrected chi connectivity index (χ3v) is 5.42. The van der Waals surface area contributed by atoms with Crippen LogP contribution >= 0.6 is 0 Å². The fraction of sp³-hybridized carbons (Fsp3) is 0.765. The van der Waals surface area contributed by atoms with E-state index in [1.54, 1.807) is 0 Å². The van der Waals surface area contributed by atoms with Crippen molar-refractivity contribution >= 4 is 11.9 Å². The number of allylic oxidation sites excluding steroid dienone is 2. The van der Waals surface area contributed by atoms with Crippen LogP contribution in [0.4, 0.5) is 0 Å². The number of carboxylic acid groups (broad SMARTS) is 1. The summed E-state index contributed by atoms with van der Waals surface area (Å²) >= 11 is 0. The lowest BCUT2D eigenvalue weighted by Gasteiger charge is -2.38. The maximum Gasteiger partial charge on any atom is 0.307 e. The fourth-order valence-corrected chi connectivity index (χ4v) is 3.93. The Kier molecular flexibility index (Phi) is 4.74. The molecule has 21 heavy (non-hydrogen) atoms. The lowest BCUT2D eigenvalue weighted by atomic mass is 9.81. The van der Waals surface area contributed by atoms with Crippen LogP contribution in [0.25, 0.3) is 0 Å². The Morgan fingerprint density at radius 2 is 1.57 bits per heavy atom. The molecule has 2 rings (SSSR count). The van der Waals surface area contributed by atoms with E-state index < -0.39 is 11.9 Å². The smallest absolute Gasteiger partial charge is 0.307 e. The molecule has 118 valence electrons. The number of hydrogen-bond donors (Lipinski definition) is 1. The number of aliphatic carboxylic acids is 1. The number of carboxylic acids is 1. The Bertz CT molecular complexity index is 435. The number of fused-ring (bicyclic) bond motifs is 2. The molecule has 0 spiro atoms. The highest BCUT2D eigenvalue weighted by Crippen LogP contribution is 2.49. The predicted octanol–water partition coefficient (Wildman–Crippen LogP) is 2.93. The third kappa shape index (κ3) is 2.72. The van der Waals surface area contributed by atoms with Gasteiger partial charge >= 0.3 is 5.97 Å². The largest absolute Gasteiger partial charge is 0.481 e. The van der Waals surface area contributed by atoms with Crippen LogP contribution in [0.1, 0.15) is 47.0 Å². The molecule has 0 radical (unpaired) electrons. The van der Waals surface area contributed by atoms with Gasteiger partial charge in [-0.25, -0.2) is 0 Å². The van der Waals surface area contributed by atoms with E-state index in [0.717, 1.165) is 19.3 Å². The van der Waals surface area contributed by atoms with Gasteiger partial charge in [0, 0.05) is 12.1 Å². The zero-order chi connectivity index (χ0) is 15.7. The Labute approximate surface area is 127 Å². The number of carbonyl (C=O) groups is 2. The highest BCUT2D eigenvalue weighted by Gasteiger charge is 2.53. The first-order valence-electron chi connectivity index (χ1n) is 8.15. The molecule has 4 heteroatoms. The van der Waals surface area contributed by atoms with Crippen LogP contribution in [0.15, 0.2) is 12.2 Å². The molecule has 1 amide bonds. The summed E-state index contributed by atoms with van der Waals surface area (Å²) in [6.07, 6.45) is 6.65. The van der Waals surface area contributed by atoms with Gasteiger partial charge < -0.3 is 10.0 Å². The molecule has 0 heterocycles. The van der Waals surface area contributed by atoms with Crippen LogP contribution < -0.4 is 0 Å². The summed E-state index contributed by atoms with van der Waals surface area (Å²) in [5.41, 5.74) is 0. The van der Waals surface area contributed by atoms with E-state index in [0.29, 0.717) is 0 Å². The fourth-order valence-electron chi connectivity index (χ4n) is 3.93. The van der Waals surface area contributed by atoms with Gasteiger partial charge in [0.15, 0.2) is 0 Å². The number of rotatable bonds is 6. The zero-order valence-electron chi connectivity index (χ0n) is 13.5. The Balaban J connectivity index is 2.27. The predicted molar refractivity (Wildman–Crippen MR) is 81.7 cm³/mol. The molecule has 1 N–H and O–H groups in total. The van der Waals surface area contributed by atoms with Gasteiger partial charge in [-0.3, -0.25) is 9.59 Å². The molecule has 1 saturated carbocycles. The average molecular weight is 293 g/mol. The van der Waals surface area contributed by atoms with Crippen molar-refractivity contribution in [3.8, 4) is 0 Å². The summed E-state index contributed by atoms with van der Waals surface area (Å²) in [5, 5.41) is 9.52. The van der Waals surface area contributed by atoms with Crippen LogP contribution in [0.2, 0.25) is 0 Å². The van der Waals surface area contributed by atoms with Crippen LogP contribution in [-0.2, 0) is 9.59 Å². The molecular weight excluding hydrogens is 266 g/mol. The van der Waals surface area contributed by atoms with Crippen molar-refractivity contribution in [2.75, 3.05) is 0 Å². The van der Waals surface area contributed by atoms with E-state index in [9.17, 15) is 14.7 Å². The minimum atomic E-state index is -0.821. The van der Waals surface area contributed by atoms with Crippen LogP contribution in [-0.4, -0.2) is 34.0 Å². The first-order chi connectivity index (χ1) is 9.92. The van der Waals surface area contributed by atoms with Gasteiger partial charge in [-0.1, -0.05) is 26.0 Å². The quantitative estimate of drug-likeness (QED) is 0.766. The first kappa shape index (κ1) is 16.1. The highest BCUT2D eigenvalue weighted by atomic mass is 16.4. The maximum atomic E-state index is 13.1. The SMILES string of the molecule is CC[C@@H](C)N(C(=O)[C@@H]1[C@@H](C(=O)O)[C@H]2C=C[C@@H]1C2)[C@@H](C)CC. The van der Waals surface area contributed by atoms with Crippen molar-refractivity contribution in [1.82, 2.24) is 4.90 Å². The van der Waals surface area contributed by atoms with E-state index in [4.69, 9.17) is 0 Å². The molecule has 0 aromatic rings. The summed E-state index contributed by atoms with van der Waals surface area (Å²) in [6, 6.07) is 0.315. The molecule has 0 unspecified atom stereocenters. The average Bonchev–Trinajstić information content (AvgIpc) is 3.07. The third-order valence-electron chi connectivity index (χ3n) is 5.42. The summed E-state index contributed by atoms with van der Waals surface area (Å²) in [5.74, 6) is -1.54. The van der Waals surface area contributed by atoms with Crippen LogP contribution in [0.3, 0.4) is 0 Å². The van der Waals surface area contributed by atoms with Crippen molar-refractivity contribution < 1.29 is 14.7 Å². The van der Waals surface area contributed by atoms with Gasteiger partial charge in [0.2, 0.25) is 5.91 Å². The summed E-state index contributed by atoms with van der Waals surface area (Å²) in [6.45, 7) is 8.26. The minimum absolute atomic E-state index is 0.0390. The van der Waals surface area contributed by atoms with Gasteiger partial charge in [-0.2, -0.15) is 0 Å². The lowest BCUT2D eigenvalue weighted by molar-refractivity contribution is -0.153. The molecule has 0 saturated heterocycles. The van der Waals surface area contributed by atoms with Crippen molar-refractivity contribution in [2.45, 2.75) is 59.0 Å². The van der Waals surface area contributed by atoms with Crippen molar-refractivity contribution in [2.24, 2.45) is 23.7 Å². The first-order valence-corrected chi connectivity index (χ1v) is 8.15. The second kappa shape index (κ2) is 6.20. The molecule has 6 atom stereocenters. The minimum Gasteiger partial charge on any atom is -0.481 e. The number of amides is 1. The molecule has 2 aliphatic carbocycles. The Hall–Kier alpha value is -1.32. The molecule has 0 aromatic carbocycles. The maximum absolute atomic E-state index is 13.1. The Morgan fingerprint density at radius 3 is 2.00 bits per heavy atom. The molecular formula is C17H27NO3. The number of carbonyl (C=O) groups excluding carboxylic acids is 1. The highest BCUT2D eigenvalue weighted by molar-refractivity contribution is 5.87. The molecule has 0 aliphatic heterocycles. The second-order valence-electron chi connectivity index (χ2n) is 6.60. The van der Waals surface area contributed by atoms with E-state index in [-0.39, 0.29) is 35.7 Å². The van der Waals surface area contributed by atoms with Crippen molar-refractivity contribution in [3.05, 3.63) is 12.2 Å². The van der Waals surface area contributed by atoms with Gasteiger partial charge in [0.05, 0.1) is 11.8 Å². The topological polar surface area (TPSA) is 57.6 Å². The monoisotopic (exact) mass is 293 g/mol. The Morgan fingerprint density at radius 1 is 1.10 bits per heavy atom. The van der Waals surface area contributed by atoms with Crippen LogP contribution in [0.5, 0.6) is 0 Å². The lowest BCUT2D eigenvalue weighted by Crippen LogP contribution is -2.50. The molecule has 2 bridgehead atoms. The molecule has 1 fully saturated rings. The van der Waals surface area contributed by atoms with Gasteiger partial charge in [-0.15, -0.1) is 0 Å². The van der Waals surface area contributed by atoms with Crippen molar-refractivity contribution in [3.63, 3.8) is 0 Å².